The summed E-state index contributed by atoms with van der Waals surface area (Å²) < 4.78 is 21.4. The molecule has 1 amide bonds. The smallest absolute Gasteiger partial charge is 0.220 e. The van der Waals surface area contributed by atoms with Gasteiger partial charge in [0.2, 0.25) is 5.91 Å². The second-order valence-corrected chi connectivity index (χ2v) is 8.06. The predicted molar refractivity (Wildman–Crippen MR) is 115 cm³/mol. The number of nitrogens with zero attached hydrogens (tertiary/aromatic N) is 2. The van der Waals surface area contributed by atoms with Crippen molar-refractivity contribution in [2.45, 2.75) is 50.6 Å². The summed E-state index contributed by atoms with van der Waals surface area (Å²) >= 11 is 0. The first-order chi connectivity index (χ1) is 14.1. The quantitative estimate of drug-likeness (QED) is 0.730. The molecule has 2 N–H and O–H groups in total. The standard InChI is InChI=1S/C22H29FN4O2.ClH/c23-18-4-1-3-17(13-18)22(7-11-29-12-8-22)16-25-21(28)6-5-19-14-20-15-24-9-2-10-27(20)26-19;/h1,3-4,13-14,24H,2,5-12,15-16H2,(H,25,28);1H. The van der Waals surface area contributed by atoms with Crippen molar-refractivity contribution in [2.75, 3.05) is 26.3 Å². The van der Waals surface area contributed by atoms with Crippen LogP contribution in [0.5, 0.6) is 0 Å². The molecule has 0 atom stereocenters. The van der Waals surface area contributed by atoms with Crippen LogP contribution in [0, 0.1) is 5.82 Å². The lowest BCUT2D eigenvalue weighted by atomic mass is 9.74. The molecule has 0 saturated carbocycles. The number of carbonyl (C=O) groups excluding carboxylic acids is 1. The highest BCUT2D eigenvalue weighted by Crippen LogP contribution is 2.34. The van der Waals surface area contributed by atoms with E-state index in [1.54, 1.807) is 12.1 Å². The molecule has 1 aromatic carbocycles. The van der Waals surface area contributed by atoms with Crippen molar-refractivity contribution in [3.8, 4) is 0 Å². The third-order valence-electron chi connectivity index (χ3n) is 6.06. The van der Waals surface area contributed by atoms with Gasteiger partial charge in [-0.25, -0.2) is 4.39 Å². The summed E-state index contributed by atoms with van der Waals surface area (Å²) in [6.07, 6.45) is 3.65. The van der Waals surface area contributed by atoms with Crippen molar-refractivity contribution >= 4 is 18.3 Å². The molecule has 0 unspecified atom stereocenters. The number of carbonyl (C=O) groups is 1. The van der Waals surface area contributed by atoms with E-state index < -0.39 is 0 Å². The van der Waals surface area contributed by atoms with E-state index in [1.165, 1.54) is 11.8 Å². The first-order valence-corrected chi connectivity index (χ1v) is 10.5. The van der Waals surface area contributed by atoms with Crippen LogP contribution in [-0.4, -0.2) is 42.0 Å². The van der Waals surface area contributed by atoms with E-state index in [1.807, 2.05) is 10.7 Å². The molecule has 30 heavy (non-hydrogen) atoms. The summed E-state index contributed by atoms with van der Waals surface area (Å²) in [5.74, 6) is -0.234. The second-order valence-electron chi connectivity index (χ2n) is 8.06. The van der Waals surface area contributed by atoms with Gasteiger partial charge in [0.05, 0.1) is 11.4 Å². The normalized spacial score (nSPS) is 18.0. The van der Waals surface area contributed by atoms with Crippen molar-refractivity contribution in [1.29, 1.82) is 0 Å². The van der Waals surface area contributed by atoms with E-state index in [9.17, 15) is 9.18 Å². The van der Waals surface area contributed by atoms with Gasteiger partial charge in [0.25, 0.3) is 0 Å². The zero-order chi connectivity index (χ0) is 20.1. The summed E-state index contributed by atoms with van der Waals surface area (Å²) in [4.78, 5) is 12.5. The van der Waals surface area contributed by atoms with Crippen LogP contribution in [0.3, 0.4) is 0 Å². The van der Waals surface area contributed by atoms with Crippen molar-refractivity contribution < 1.29 is 13.9 Å². The molecule has 1 saturated heterocycles. The van der Waals surface area contributed by atoms with Crippen molar-refractivity contribution in [3.63, 3.8) is 0 Å². The van der Waals surface area contributed by atoms with Gasteiger partial charge < -0.3 is 15.4 Å². The lowest BCUT2D eigenvalue weighted by Gasteiger charge is -2.38. The summed E-state index contributed by atoms with van der Waals surface area (Å²) in [6, 6.07) is 8.83. The van der Waals surface area contributed by atoms with Gasteiger partial charge in [0.15, 0.2) is 0 Å². The Bertz CT molecular complexity index is 828. The van der Waals surface area contributed by atoms with Gasteiger partial charge >= 0.3 is 0 Å². The Balaban J connectivity index is 0.00000256. The molecule has 0 spiro atoms. The number of hydrogen-bond acceptors (Lipinski definition) is 4. The Labute approximate surface area is 183 Å². The van der Waals surface area contributed by atoms with Gasteiger partial charge in [-0.3, -0.25) is 9.48 Å². The fraction of sp³-hybridized carbons (Fsp3) is 0.545. The predicted octanol–water partition coefficient (Wildman–Crippen LogP) is 2.73. The van der Waals surface area contributed by atoms with Gasteiger partial charge in [-0.05, 0) is 49.6 Å². The van der Waals surface area contributed by atoms with Crippen LogP contribution < -0.4 is 10.6 Å². The summed E-state index contributed by atoms with van der Waals surface area (Å²) in [5.41, 5.74) is 2.81. The Kier molecular flexibility index (Phi) is 7.86. The maximum atomic E-state index is 13.8. The number of aryl methyl sites for hydroxylation is 2. The molecule has 4 rings (SSSR count). The molecule has 2 aliphatic heterocycles. The van der Waals surface area contributed by atoms with Crippen LogP contribution in [0.2, 0.25) is 0 Å². The fourth-order valence-electron chi connectivity index (χ4n) is 4.29. The summed E-state index contributed by atoms with van der Waals surface area (Å²) in [6.45, 7) is 4.52. The van der Waals surface area contributed by atoms with E-state index in [4.69, 9.17) is 4.74 Å². The third-order valence-corrected chi connectivity index (χ3v) is 6.06. The molecule has 0 bridgehead atoms. The molecular formula is C22H30ClFN4O2. The second kappa shape index (κ2) is 10.4. The first kappa shape index (κ1) is 22.7. The minimum Gasteiger partial charge on any atom is -0.381 e. The Morgan fingerprint density at radius 1 is 1.30 bits per heavy atom. The largest absolute Gasteiger partial charge is 0.381 e. The lowest BCUT2D eigenvalue weighted by Crippen LogP contribution is -2.44. The molecule has 164 valence electrons. The Hall–Kier alpha value is -1.96. The van der Waals surface area contributed by atoms with Gasteiger partial charge in [0, 0.05) is 51.1 Å². The minimum absolute atomic E-state index is 0. The van der Waals surface area contributed by atoms with Gasteiger partial charge in [-0.15, -0.1) is 12.4 Å². The van der Waals surface area contributed by atoms with Crippen LogP contribution in [0.4, 0.5) is 4.39 Å². The van der Waals surface area contributed by atoms with Gasteiger partial charge in [-0.1, -0.05) is 12.1 Å². The van der Waals surface area contributed by atoms with E-state index in [2.05, 4.69) is 21.8 Å². The zero-order valence-electron chi connectivity index (χ0n) is 17.2. The number of fused-ring (bicyclic) bond motifs is 1. The maximum Gasteiger partial charge on any atom is 0.220 e. The average Bonchev–Trinajstić information content (AvgIpc) is 3.00. The fourth-order valence-corrected chi connectivity index (χ4v) is 4.29. The van der Waals surface area contributed by atoms with E-state index in [0.717, 1.165) is 50.2 Å². The molecule has 6 nitrogen and oxygen atoms in total. The number of hydrogen-bond donors (Lipinski definition) is 2. The van der Waals surface area contributed by atoms with E-state index in [0.29, 0.717) is 32.6 Å². The number of aromatic nitrogens is 2. The van der Waals surface area contributed by atoms with Crippen molar-refractivity contribution in [1.82, 2.24) is 20.4 Å². The van der Waals surface area contributed by atoms with Crippen LogP contribution in [0.15, 0.2) is 30.3 Å². The molecule has 1 aromatic heterocycles. The highest BCUT2D eigenvalue weighted by atomic mass is 35.5. The Morgan fingerprint density at radius 3 is 2.93 bits per heavy atom. The molecule has 2 aromatic rings. The van der Waals surface area contributed by atoms with Crippen molar-refractivity contribution in [3.05, 3.63) is 53.1 Å². The number of halogens is 2. The average molecular weight is 437 g/mol. The highest BCUT2D eigenvalue weighted by molar-refractivity contribution is 5.85. The van der Waals surface area contributed by atoms with Crippen LogP contribution >= 0.6 is 12.4 Å². The molecule has 8 heteroatoms. The Morgan fingerprint density at radius 2 is 2.13 bits per heavy atom. The molecule has 0 radical (unpaired) electrons. The molecule has 3 heterocycles. The number of ether oxygens (including phenoxy) is 1. The third kappa shape index (κ3) is 5.39. The van der Waals surface area contributed by atoms with Gasteiger partial charge in [0.1, 0.15) is 5.82 Å². The van der Waals surface area contributed by atoms with Crippen LogP contribution in [-0.2, 0) is 34.5 Å². The SMILES string of the molecule is Cl.O=C(CCc1cc2n(n1)CCCNC2)NCC1(c2cccc(F)c2)CCOCC1. The highest BCUT2D eigenvalue weighted by Gasteiger charge is 2.35. The number of benzene rings is 1. The van der Waals surface area contributed by atoms with E-state index in [-0.39, 0.29) is 29.5 Å². The molecular weight excluding hydrogens is 407 g/mol. The van der Waals surface area contributed by atoms with Crippen LogP contribution in [0.1, 0.15) is 42.6 Å². The maximum absolute atomic E-state index is 13.8. The summed E-state index contributed by atoms with van der Waals surface area (Å²) in [7, 11) is 0. The first-order valence-electron chi connectivity index (χ1n) is 10.5. The number of rotatable bonds is 6. The molecule has 1 fully saturated rings. The molecule has 0 aliphatic carbocycles. The van der Waals surface area contributed by atoms with Crippen molar-refractivity contribution in [2.24, 2.45) is 0 Å². The van der Waals surface area contributed by atoms with Crippen LogP contribution in [0.25, 0.3) is 0 Å². The number of nitrogens with one attached hydrogen (secondary N) is 2. The zero-order valence-corrected chi connectivity index (χ0v) is 18.0. The topological polar surface area (TPSA) is 68.2 Å². The summed E-state index contributed by atoms with van der Waals surface area (Å²) in [5, 5.41) is 11.1. The van der Waals surface area contributed by atoms with Gasteiger partial charge in [-0.2, -0.15) is 5.10 Å². The number of amides is 1. The minimum atomic E-state index is -0.270. The molecule has 2 aliphatic rings. The van der Waals surface area contributed by atoms with E-state index >= 15 is 0 Å². The lowest BCUT2D eigenvalue weighted by molar-refractivity contribution is -0.121. The monoisotopic (exact) mass is 436 g/mol.